The molecule has 0 fully saturated rings. The van der Waals surface area contributed by atoms with Gasteiger partial charge in [0, 0.05) is 12.3 Å². The normalized spacial score (nSPS) is 11.4. The molecule has 0 amide bonds. The fourth-order valence-corrected chi connectivity index (χ4v) is 3.05. The summed E-state index contributed by atoms with van der Waals surface area (Å²) in [6, 6.07) is 0. The molecule has 0 aromatic rings. The summed E-state index contributed by atoms with van der Waals surface area (Å²) in [7, 11) is 0. The summed E-state index contributed by atoms with van der Waals surface area (Å²) in [6.45, 7) is 13.9. The van der Waals surface area contributed by atoms with Crippen LogP contribution >= 0.6 is 15.9 Å². The first kappa shape index (κ1) is 42.5. The van der Waals surface area contributed by atoms with Gasteiger partial charge >= 0.3 is 5.97 Å². The van der Waals surface area contributed by atoms with Crippen LogP contribution in [0.3, 0.4) is 0 Å². The van der Waals surface area contributed by atoms with Gasteiger partial charge in [-0.15, -0.1) is 0 Å². The number of hydrogen-bond acceptors (Lipinski definition) is 14. The van der Waals surface area contributed by atoms with Crippen LogP contribution < -0.4 is 0 Å². The molecule has 0 aromatic carbocycles. The predicted octanol–water partition coefficient (Wildman–Crippen LogP) is 1.14. The van der Waals surface area contributed by atoms with E-state index in [1.54, 1.807) is 0 Å². The van der Waals surface area contributed by atoms with E-state index < -0.39 is 0 Å². The number of alkyl halides is 1. The van der Waals surface area contributed by atoms with Crippen molar-refractivity contribution in [1.82, 2.24) is 0 Å². The van der Waals surface area contributed by atoms with Crippen molar-refractivity contribution in [2.45, 2.75) is 6.92 Å². The summed E-state index contributed by atoms with van der Waals surface area (Å²) in [6.07, 6.45) is 0. The van der Waals surface area contributed by atoms with E-state index in [1.807, 2.05) is 0 Å². The molecule has 0 aliphatic heterocycles. The maximum Gasteiger partial charge on any atom is 0.302 e. The number of hydrogen-bond donors (Lipinski definition) is 0. The van der Waals surface area contributed by atoms with Crippen LogP contribution in [-0.4, -0.2) is 176 Å². The van der Waals surface area contributed by atoms with Gasteiger partial charge in [0.15, 0.2) is 0 Å². The van der Waals surface area contributed by atoms with E-state index in [0.29, 0.717) is 159 Å². The molecule has 0 atom stereocenters. The standard InChI is InChI=1S/C28H55BrO14/c1-28(30)43-27-26-42-25-24-41-23-22-40-21-20-39-19-18-38-17-16-37-15-14-36-13-12-35-11-10-34-9-8-33-7-6-32-5-4-31-3-2-29/h2-27H2,1H3. The monoisotopic (exact) mass is 694 g/mol. The number of rotatable bonds is 38. The summed E-state index contributed by atoms with van der Waals surface area (Å²) >= 11 is 3.30. The van der Waals surface area contributed by atoms with E-state index in [-0.39, 0.29) is 12.6 Å². The largest absolute Gasteiger partial charge is 0.463 e. The van der Waals surface area contributed by atoms with Crippen molar-refractivity contribution in [3.8, 4) is 0 Å². The third kappa shape index (κ3) is 41.5. The van der Waals surface area contributed by atoms with Crippen molar-refractivity contribution in [2.75, 3.05) is 171 Å². The number of halogens is 1. The summed E-state index contributed by atoms with van der Waals surface area (Å²) < 4.78 is 69.6. The zero-order valence-corrected chi connectivity index (χ0v) is 27.6. The van der Waals surface area contributed by atoms with Crippen LogP contribution in [0.1, 0.15) is 6.92 Å². The zero-order chi connectivity index (χ0) is 31.2. The first-order valence-corrected chi connectivity index (χ1v) is 16.0. The van der Waals surface area contributed by atoms with Crippen LogP contribution in [0.4, 0.5) is 0 Å². The summed E-state index contributed by atoms with van der Waals surface area (Å²) in [4.78, 5) is 10.6. The summed E-state index contributed by atoms with van der Waals surface area (Å²) in [5.74, 6) is -0.311. The maximum absolute atomic E-state index is 10.6. The Kier molecular flexibility index (Phi) is 39.0. The van der Waals surface area contributed by atoms with E-state index in [2.05, 4.69) is 15.9 Å². The molecule has 258 valence electrons. The number of carbonyl (C=O) groups excluding carboxylic acids is 1. The molecular formula is C28H55BrO14. The minimum absolute atomic E-state index is 0.258. The summed E-state index contributed by atoms with van der Waals surface area (Å²) in [5.41, 5.74) is 0. The van der Waals surface area contributed by atoms with Crippen molar-refractivity contribution >= 4 is 21.9 Å². The summed E-state index contributed by atoms with van der Waals surface area (Å²) in [5, 5.41) is 0.835. The molecule has 0 unspecified atom stereocenters. The Morgan fingerprint density at radius 2 is 0.488 bits per heavy atom. The predicted molar refractivity (Wildman–Crippen MR) is 160 cm³/mol. The van der Waals surface area contributed by atoms with Crippen LogP contribution in [0.15, 0.2) is 0 Å². The van der Waals surface area contributed by atoms with Gasteiger partial charge in [-0.1, -0.05) is 15.9 Å². The molecule has 0 saturated carbocycles. The highest BCUT2D eigenvalue weighted by molar-refractivity contribution is 9.09. The van der Waals surface area contributed by atoms with E-state index in [1.165, 1.54) is 6.92 Å². The van der Waals surface area contributed by atoms with Gasteiger partial charge in [0.2, 0.25) is 0 Å². The quantitative estimate of drug-likeness (QED) is 0.0519. The Balaban J connectivity index is 3.03. The molecule has 0 aliphatic rings. The second-order valence-corrected chi connectivity index (χ2v) is 9.17. The van der Waals surface area contributed by atoms with E-state index in [9.17, 15) is 4.79 Å². The van der Waals surface area contributed by atoms with Crippen LogP contribution in [0, 0.1) is 0 Å². The van der Waals surface area contributed by atoms with Crippen LogP contribution in [0.5, 0.6) is 0 Å². The first-order chi connectivity index (χ1) is 21.3. The van der Waals surface area contributed by atoms with Gasteiger partial charge in [-0.3, -0.25) is 4.79 Å². The van der Waals surface area contributed by atoms with E-state index >= 15 is 0 Å². The minimum Gasteiger partial charge on any atom is -0.463 e. The second-order valence-electron chi connectivity index (χ2n) is 8.38. The van der Waals surface area contributed by atoms with Crippen molar-refractivity contribution < 1.29 is 66.4 Å². The highest BCUT2D eigenvalue weighted by Gasteiger charge is 1.97. The molecule has 15 heteroatoms. The fourth-order valence-electron chi connectivity index (χ4n) is 2.82. The van der Waals surface area contributed by atoms with Gasteiger partial charge in [-0.2, -0.15) is 0 Å². The topological polar surface area (TPSA) is 137 Å². The molecule has 0 bridgehead atoms. The molecule has 0 rings (SSSR count). The molecule has 0 radical (unpaired) electrons. The fraction of sp³-hybridized carbons (Fsp3) is 0.964. The molecule has 0 aliphatic carbocycles. The average molecular weight is 696 g/mol. The number of carbonyl (C=O) groups is 1. The maximum atomic E-state index is 10.6. The van der Waals surface area contributed by atoms with Gasteiger partial charge < -0.3 is 61.6 Å². The third-order valence-electron chi connectivity index (χ3n) is 4.85. The van der Waals surface area contributed by atoms with E-state index in [4.69, 9.17) is 61.6 Å². The minimum atomic E-state index is -0.311. The van der Waals surface area contributed by atoms with Gasteiger partial charge in [-0.25, -0.2) is 0 Å². The highest BCUT2D eigenvalue weighted by atomic mass is 79.9. The van der Waals surface area contributed by atoms with Crippen molar-refractivity contribution in [3.63, 3.8) is 0 Å². The van der Waals surface area contributed by atoms with Crippen LogP contribution in [0.2, 0.25) is 0 Å². The second kappa shape index (κ2) is 39.5. The van der Waals surface area contributed by atoms with Gasteiger partial charge in [0.25, 0.3) is 0 Å². The molecule has 14 nitrogen and oxygen atoms in total. The Hall–Kier alpha value is -0.530. The lowest BCUT2D eigenvalue weighted by atomic mass is 10.6. The van der Waals surface area contributed by atoms with E-state index in [0.717, 1.165) is 5.33 Å². The van der Waals surface area contributed by atoms with Crippen LogP contribution in [-0.2, 0) is 66.4 Å². The van der Waals surface area contributed by atoms with Crippen LogP contribution in [0.25, 0.3) is 0 Å². The zero-order valence-electron chi connectivity index (χ0n) is 26.0. The van der Waals surface area contributed by atoms with Crippen molar-refractivity contribution in [1.29, 1.82) is 0 Å². The Morgan fingerprint density at radius 3 is 0.651 bits per heavy atom. The lowest BCUT2D eigenvalue weighted by Gasteiger charge is -2.09. The smallest absolute Gasteiger partial charge is 0.302 e. The SMILES string of the molecule is CC(=O)OCCOCCOCCOCCOCCOCCOCCOCCOCCOCCOCCOCCOCCBr. The Morgan fingerprint density at radius 1 is 0.326 bits per heavy atom. The van der Waals surface area contributed by atoms with Crippen molar-refractivity contribution in [2.24, 2.45) is 0 Å². The lowest BCUT2D eigenvalue weighted by molar-refractivity contribution is -0.142. The third-order valence-corrected chi connectivity index (χ3v) is 5.17. The molecule has 43 heavy (non-hydrogen) atoms. The lowest BCUT2D eigenvalue weighted by Crippen LogP contribution is -2.15. The van der Waals surface area contributed by atoms with Gasteiger partial charge in [0.05, 0.1) is 159 Å². The van der Waals surface area contributed by atoms with Crippen molar-refractivity contribution in [3.05, 3.63) is 0 Å². The molecule has 0 heterocycles. The van der Waals surface area contributed by atoms with Gasteiger partial charge in [0.1, 0.15) is 6.61 Å². The molecule has 0 saturated heterocycles. The number of ether oxygens (including phenoxy) is 13. The number of esters is 1. The Labute approximate surface area is 265 Å². The highest BCUT2D eigenvalue weighted by Crippen LogP contribution is 1.88. The average Bonchev–Trinajstić information content (AvgIpc) is 3.00. The molecule has 0 N–H and O–H groups in total. The van der Waals surface area contributed by atoms with Gasteiger partial charge in [-0.05, 0) is 0 Å². The Bertz CT molecular complexity index is 536. The molecule has 0 aromatic heterocycles. The molecular weight excluding hydrogens is 640 g/mol. The first-order valence-electron chi connectivity index (χ1n) is 14.9. The molecule has 0 spiro atoms.